The van der Waals surface area contributed by atoms with E-state index in [0.717, 1.165) is 19.5 Å². The second-order valence-electron chi connectivity index (χ2n) is 4.73. The predicted molar refractivity (Wildman–Crippen MR) is 57.9 cm³/mol. The van der Waals surface area contributed by atoms with Crippen molar-refractivity contribution >= 4 is 11.9 Å². The first kappa shape index (κ1) is 11.4. The highest BCUT2D eigenvalue weighted by Crippen LogP contribution is 2.20. The van der Waals surface area contributed by atoms with Gasteiger partial charge in [0.25, 0.3) is 0 Å². The van der Waals surface area contributed by atoms with Crippen LogP contribution in [-0.2, 0) is 9.59 Å². The fourth-order valence-electron chi connectivity index (χ4n) is 2.45. The van der Waals surface area contributed by atoms with Gasteiger partial charge in [0.2, 0.25) is 5.91 Å². The maximum atomic E-state index is 11.9. The smallest absolute Gasteiger partial charge is 0.308 e. The average Bonchev–Trinajstić information content (AvgIpc) is 2.86. The molecule has 90 valence electrons. The van der Waals surface area contributed by atoms with Gasteiger partial charge in [-0.2, -0.15) is 0 Å². The number of amides is 1. The van der Waals surface area contributed by atoms with E-state index in [-0.39, 0.29) is 11.8 Å². The van der Waals surface area contributed by atoms with Crippen LogP contribution in [0.2, 0.25) is 0 Å². The van der Waals surface area contributed by atoms with E-state index in [1.165, 1.54) is 0 Å². The minimum atomic E-state index is -0.780. The molecule has 5 heteroatoms. The Morgan fingerprint density at radius 1 is 1.38 bits per heavy atom. The Balaban J connectivity index is 1.79. The van der Waals surface area contributed by atoms with Crippen molar-refractivity contribution in [1.82, 2.24) is 10.2 Å². The molecule has 2 N–H and O–H groups in total. The standard InChI is InChI=1S/C11H18N2O3/c14-10(5-8-1-3-12-6-8)13-4-2-9(7-13)11(15)16/h8-9,12H,1-7H2,(H,15,16). The molecule has 2 heterocycles. The number of likely N-dealkylation sites (tertiary alicyclic amines) is 1. The fraction of sp³-hybridized carbons (Fsp3) is 0.818. The van der Waals surface area contributed by atoms with Crippen molar-refractivity contribution in [1.29, 1.82) is 0 Å². The number of hydrogen-bond donors (Lipinski definition) is 2. The Bertz CT molecular complexity index is 287. The van der Waals surface area contributed by atoms with E-state index in [2.05, 4.69) is 5.32 Å². The van der Waals surface area contributed by atoms with Crippen LogP contribution in [0.5, 0.6) is 0 Å². The van der Waals surface area contributed by atoms with Crippen molar-refractivity contribution in [3.05, 3.63) is 0 Å². The monoisotopic (exact) mass is 226 g/mol. The molecule has 0 aromatic carbocycles. The Labute approximate surface area is 94.8 Å². The number of nitrogens with zero attached hydrogens (tertiary/aromatic N) is 1. The molecule has 2 atom stereocenters. The van der Waals surface area contributed by atoms with Crippen molar-refractivity contribution < 1.29 is 14.7 Å². The number of hydrogen-bond acceptors (Lipinski definition) is 3. The summed E-state index contributed by atoms with van der Waals surface area (Å²) in [5.74, 6) is -0.572. The minimum Gasteiger partial charge on any atom is -0.481 e. The van der Waals surface area contributed by atoms with E-state index in [1.807, 2.05) is 0 Å². The van der Waals surface area contributed by atoms with E-state index >= 15 is 0 Å². The van der Waals surface area contributed by atoms with Gasteiger partial charge in [0, 0.05) is 19.5 Å². The van der Waals surface area contributed by atoms with E-state index in [1.54, 1.807) is 4.90 Å². The Morgan fingerprint density at radius 2 is 2.19 bits per heavy atom. The van der Waals surface area contributed by atoms with Gasteiger partial charge >= 0.3 is 5.97 Å². The van der Waals surface area contributed by atoms with Crippen LogP contribution in [0.3, 0.4) is 0 Å². The Kier molecular flexibility index (Phi) is 3.43. The van der Waals surface area contributed by atoms with Crippen LogP contribution < -0.4 is 5.32 Å². The zero-order valence-corrected chi connectivity index (χ0v) is 9.32. The van der Waals surface area contributed by atoms with Gasteiger partial charge in [-0.15, -0.1) is 0 Å². The first-order chi connectivity index (χ1) is 7.66. The number of carboxylic acid groups (broad SMARTS) is 1. The molecule has 1 amide bonds. The molecule has 5 nitrogen and oxygen atoms in total. The third-order valence-electron chi connectivity index (χ3n) is 3.52. The molecule has 16 heavy (non-hydrogen) atoms. The highest BCUT2D eigenvalue weighted by atomic mass is 16.4. The molecule has 2 rings (SSSR count). The Morgan fingerprint density at radius 3 is 2.75 bits per heavy atom. The van der Waals surface area contributed by atoms with Crippen molar-refractivity contribution in [3.63, 3.8) is 0 Å². The molecule has 0 spiro atoms. The number of carbonyl (C=O) groups excluding carboxylic acids is 1. The molecule has 2 aliphatic heterocycles. The number of carbonyl (C=O) groups is 2. The summed E-state index contributed by atoms with van der Waals surface area (Å²) in [7, 11) is 0. The fourth-order valence-corrected chi connectivity index (χ4v) is 2.45. The number of aliphatic carboxylic acids is 1. The highest BCUT2D eigenvalue weighted by Gasteiger charge is 2.31. The molecule has 0 aliphatic carbocycles. The van der Waals surface area contributed by atoms with Gasteiger partial charge in [0.15, 0.2) is 0 Å². The van der Waals surface area contributed by atoms with Crippen LogP contribution in [0.4, 0.5) is 0 Å². The van der Waals surface area contributed by atoms with Gasteiger partial charge in [-0.1, -0.05) is 0 Å². The largest absolute Gasteiger partial charge is 0.481 e. The summed E-state index contributed by atoms with van der Waals surface area (Å²) >= 11 is 0. The molecular weight excluding hydrogens is 208 g/mol. The number of nitrogens with one attached hydrogen (secondary N) is 1. The third-order valence-corrected chi connectivity index (χ3v) is 3.52. The molecule has 0 radical (unpaired) electrons. The molecule has 0 aromatic heterocycles. The van der Waals surface area contributed by atoms with Crippen molar-refractivity contribution in [2.45, 2.75) is 19.3 Å². The summed E-state index contributed by atoms with van der Waals surface area (Å²) in [6.07, 6.45) is 2.23. The lowest BCUT2D eigenvalue weighted by Gasteiger charge is -2.17. The summed E-state index contributed by atoms with van der Waals surface area (Å²) in [6, 6.07) is 0. The maximum absolute atomic E-state index is 11.9. The summed E-state index contributed by atoms with van der Waals surface area (Å²) in [5, 5.41) is 12.1. The second kappa shape index (κ2) is 4.82. The average molecular weight is 226 g/mol. The second-order valence-corrected chi connectivity index (χ2v) is 4.73. The lowest BCUT2D eigenvalue weighted by molar-refractivity contribution is -0.141. The van der Waals surface area contributed by atoms with Crippen LogP contribution >= 0.6 is 0 Å². The zero-order chi connectivity index (χ0) is 11.5. The first-order valence-electron chi connectivity index (χ1n) is 5.88. The van der Waals surface area contributed by atoms with Crippen LogP contribution in [0.25, 0.3) is 0 Å². The van der Waals surface area contributed by atoms with Gasteiger partial charge in [0.1, 0.15) is 0 Å². The van der Waals surface area contributed by atoms with Crippen LogP contribution in [0.1, 0.15) is 19.3 Å². The minimum absolute atomic E-state index is 0.123. The van der Waals surface area contributed by atoms with Crippen molar-refractivity contribution in [3.8, 4) is 0 Å². The van der Waals surface area contributed by atoms with Crippen LogP contribution in [-0.4, -0.2) is 48.1 Å². The zero-order valence-electron chi connectivity index (χ0n) is 9.32. The molecule has 0 bridgehead atoms. The molecule has 2 fully saturated rings. The summed E-state index contributed by atoms with van der Waals surface area (Å²) in [5.41, 5.74) is 0. The first-order valence-corrected chi connectivity index (χ1v) is 5.88. The summed E-state index contributed by atoms with van der Waals surface area (Å²) in [4.78, 5) is 24.3. The molecule has 2 aliphatic rings. The van der Waals surface area contributed by atoms with Crippen molar-refractivity contribution in [2.75, 3.05) is 26.2 Å². The topological polar surface area (TPSA) is 69.6 Å². The number of carboxylic acids is 1. The van der Waals surface area contributed by atoms with E-state index < -0.39 is 5.97 Å². The van der Waals surface area contributed by atoms with Crippen molar-refractivity contribution in [2.24, 2.45) is 11.8 Å². The van der Waals surface area contributed by atoms with Gasteiger partial charge in [-0.3, -0.25) is 9.59 Å². The van der Waals surface area contributed by atoms with E-state index in [4.69, 9.17) is 5.11 Å². The quantitative estimate of drug-likeness (QED) is 0.706. The van der Waals surface area contributed by atoms with Gasteiger partial charge in [-0.25, -0.2) is 0 Å². The van der Waals surface area contributed by atoms with E-state index in [9.17, 15) is 9.59 Å². The normalized spacial score (nSPS) is 29.6. The summed E-state index contributed by atoms with van der Waals surface area (Å²) < 4.78 is 0. The molecular formula is C11H18N2O3. The van der Waals surface area contributed by atoms with Crippen LogP contribution in [0.15, 0.2) is 0 Å². The van der Waals surface area contributed by atoms with Gasteiger partial charge < -0.3 is 15.3 Å². The Hall–Kier alpha value is -1.10. The predicted octanol–water partition coefficient (Wildman–Crippen LogP) is -0.0809. The third kappa shape index (κ3) is 2.52. The number of rotatable bonds is 3. The molecule has 0 aromatic rings. The van der Waals surface area contributed by atoms with Crippen LogP contribution in [0, 0.1) is 11.8 Å². The van der Waals surface area contributed by atoms with Gasteiger partial charge in [0.05, 0.1) is 5.92 Å². The summed E-state index contributed by atoms with van der Waals surface area (Å²) in [6.45, 7) is 2.92. The molecule has 2 unspecified atom stereocenters. The maximum Gasteiger partial charge on any atom is 0.308 e. The lowest BCUT2D eigenvalue weighted by atomic mass is 10.0. The molecule has 2 saturated heterocycles. The van der Waals surface area contributed by atoms with E-state index in [0.29, 0.717) is 31.8 Å². The molecule has 0 saturated carbocycles. The SMILES string of the molecule is O=C(O)C1CCN(C(=O)CC2CCNC2)C1. The highest BCUT2D eigenvalue weighted by molar-refractivity contribution is 5.79. The van der Waals surface area contributed by atoms with Gasteiger partial charge in [-0.05, 0) is 31.8 Å². The lowest BCUT2D eigenvalue weighted by Crippen LogP contribution is -2.31.